The third kappa shape index (κ3) is 6.66. The summed E-state index contributed by atoms with van der Waals surface area (Å²) in [7, 11) is 0. The molecule has 6 heteroatoms. The lowest BCUT2D eigenvalue weighted by Crippen LogP contribution is -2.33. The number of amides is 1. The summed E-state index contributed by atoms with van der Waals surface area (Å²) in [5, 5.41) is 2.89. The topological polar surface area (TPSA) is 58.4 Å². The standard InChI is InChI=1S/C13H21N3O.2ClH/c1-4-16(5-2)9-13(17)15-12-8-11(14)7-6-10(12)3;;/h6-8H,4-5,9,14H2,1-3H3,(H,15,17);2*1H. The van der Waals surface area contributed by atoms with Gasteiger partial charge in [0.15, 0.2) is 0 Å². The van der Waals surface area contributed by atoms with Crippen molar-refractivity contribution >= 4 is 42.1 Å². The quantitative estimate of drug-likeness (QED) is 0.822. The molecule has 4 nitrogen and oxygen atoms in total. The number of halogens is 2. The van der Waals surface area contributed by atoms with Crippen molar-refractivity contribution < 1.29 is 4.79 Å². The Morgan fingerprint density at radius 2 is 1.84 bits per heavy atom. The van der Waals surface area contributed by atoms with E-state index in [2.05, 4.69) is 10.2 Å². The highest BCUT2D eigenvalue weighted by Crippen LogP contribution is 2.17. The molecule has 0 saturated carbocycles. The number of carbonyl (C=O) groups is 1. The minimum absolute atomic E-state index is 0. The Morgan fingerprint density at radius 1 is 1.26 bits per heavy atom. The summed E-state index contributed by atoms with van der Waals surface area (Å²) in [5.74, 6) is 0.00222. The zero-order valence-electron chi connectivity index (χ0n) is 11.6. The molecule has 1 aromatic carbocycles. The predicted octanol–water partition coefficient (Wildman–Crippen LogP) is 2.70. The number of nitrogen functional groups attached to an aromatic ring is 1. The van der Waals surface area contributed by atoms with Gasteiger partial charge in [-0.1, -0.05) is 19.9 Å². The highest BCUT2D eigenvalue weighted by atomic mass is 35.5. The molecule has 0 unspecified atom stereocenters. The van der Waals surface area contributed by atoms with Crippen LogP contribution in [0.15, 0.2) is 18.2 Å². The van der Waals surface area contributed by atoms with E-state index < -0.39 is 0 Å². The summed E-state index contributed by atoms with van der Waals surface area (Å²) < 4.78 is 0. The van der Waals surface area contributed by atoms with Crippen molar-refractivity contribution in [2.75, 3.05) is 30.7 Å². The molecule has 0 atom stereocenters. The van der Waals surface area contributed by atoms with Crippen LogP contribution in [0, 0.1) is 6.92 Å². The van der Waals surface area contributed by atoms with Gasteiger partial charge in [0.2, 0.25) is 5.91 Å². The van der Waals surface area contributed by atoms with E-state index >= 15 is 0 Å². The number of carbonyl (C=O) groups excluding carboxylic acids is 1. The van der Waals surface area contributed by atoms with Gasteiger partial charge in [-0.15, -0.1) is 24.8 Å². The predicted molar refractivity (Wildman–Crippen MR) is 86.5 cm³/mol. The van der Waals surface area contributed by atoms with Crippen LogP contribution in [0.25, 0.3) is 0 Å². The SMILES string of the molecule is CCN(CC)CC(=O)Nc1cc(N)ccc1C.Cl.Cl. The molecule has 0 heterocycles. The van der Waals surface area contributed by atoms with Gasteiger partial charge >= 0.3 is 0 Å². The van der Waals surface area contributed by atoms with E-state index in [0.717, 1.165) is 24.3 Å². The molecule has 0 aromatic heterocycles. The number of hydrogen-bond donors (Lipinski definition) is 2. The third-order valence-corrected chi connectivity index (χ3v) is 2.80. The zero-order chi connectivity index (χ0) is 12.8. The lowest BCUT2D eigenvalue weighted by atomic mass is 10.2. The largest absolute Gasteiger partial charge is 0.399 e. The minimum Gasteiger partial charge on any atom is -0.399 e. The van der Waals surface area contributed by atoms with Crippen LogP contribution in [0.3, 0.4) is 0 Å². The Kier molecular flexibility index (Phi) is 10.6. The Morgan fingerprint density at radius 3 is 2.37 bits per heavy atom. The first kappa shape index (κ1) is 20.3. The average molecular weight is 308 g/mol. The smallest absolute Gasteiger partial charge is 0.238 e. The van der Waals surface area contributed by atoms with Crippen LogP contribution in [0.4, 0.5) is 11.4 Å². The number of rotatable bonds is 5. The van der Waals surface area contributed by atoms with Gasteiger partial charge in [-0.05, 0) is 37.7 Å². The second-order valence-corrected chi connectivity index (χ2v) is 4.08. The average Bonchev–Trinajstić information content (AvgIpc) is 2.31. The van der Waals surface area contributed by atoms with Gasteiger partial charge in [0.1, 0.15) is 0 Å². The fourth-order valence-corrected chi connectivity index (χ4v) is 1.61. The number of aryl methyl sites for hydroxylation is 1. The molecular weight excluding hydrogens is 285 g/mol. The first-order valence-corrected chi connectivity index (χ1v) is 5.95. The molecule has 0 aliphatic rings. The monoisotopic (exact) mass is 307 g/mol. The zero-order valence-corrected chi connectivity index (χ0v) is 13.2. The summed E-state index contributed by atoms with van der Waals surface area (Å²) in [4.78, 5) is 13.9. The highest BCUT2D eigenvalue weighted by molar-refractivity contribution is 5.93. The lowest BCUT2D eigenvalue weighted by molar-refractivity contribution is -0.117. The van der Waals surface area contributed by atoms with Gasteiger partial charge in [0.25, 0.3) is 0 Å². The number of nitrogens with two attached hydrogens (primary N) is 1. The van der Waals surface area contributed by atoms with Crippen LogP contribution in [0.1, 0.15) is 19.4 Å². The molecule has 1 rings (SSSR count). The van der Waals surface area contributed by atoms with E-state index in [1.165, 1.54) is 0 Å². The van der Waals surface area contributed by atoms with Crippen molar-refractivity contribution in [2.45, 2.75) is 20.8 Å². The van der Waals surface area contributed by atoms with Gasteiger partial charge < -0.3 is 11.1 Å². The van der Waals surface area contributed by atoms with Gasteiger partial charge in [0.05, 0.1) is 6.54 Å². The molecule has 1 amide bonds. The highest BCUT2D eigenvalue weighted by Gasteiger charge is 2.08. The molecule has 19 heavy (non-hydrogen) atoms. The van der Waals surface area contributed by atoms with Crippen LogP contribution in [-0.2, 0) is 4.79 Å². The molecule has 0 aliphatic carbocycles. The van der Waals surface area contributed by atoms with Gasteiger partial charge in [-0.2, -0.15) is 0 Å². The maximum absolute atomic E-state index is 11.8. The maximum Gasteiger partial charge on any atom is 0.238 e. The molecule has 0 bridgehead atoms. The molecule has 3 N–H and O–H groups in total. The number of likely N-dealkylation sites (N-methyl/N-ethyl adjacent to an activating group) is 1. The van der Waals surface area contributed by atoms with Crippen LogP contribution >= 0.6 is 24.8 Å². The minimum atomic E-state index is 0. The first-order chi connectivity index (χ1) is 8.06. The molecular formula is C13H23Cl2N3O. The van der Waals surface area contributed by atoms with Gasteiger partial charge in [-0.25, -0.2) is 0 Å². The van der Waals surface area contributed by atoms with Crippen LogP contribution in [0.2, 0.25) is 0 Å². The number of hydrogen-bond acceptors (Lipinski definition) is 3. The fourth-order valence-electron chi connectivity index (χ4n) is 1.61. The van der Waals surface area contributed by atoms with Crippen LogP contribution in [0.5, 0.6) is 0 Å². The molecule has 0 spiro atoms. The molecule has 0 radical (unpaired) electrons. The van der Waals surface area contributed by atoms with E-state index in [-0.39, 0.29) is 30.7 Å². The Hall–Kier alpha value is -0.970. The first-order valence-electron chi connectivity index (χ1n) is 5.95. The van der Waals surface area contributed by atoms with E-state index in [1.54, 1.807) is 6.07 Å². The second-order valence-electron chi connectivity index (χ2n) is 4.08. The second kappa shape index (κ2) is 9.89. The van der Waals surface area contributed by atoms with E-state index in [0.29, 0.717) is 12.2 Å². The van der Waals surface area contributed by atoms with E-state index in [9.17, 15) is 4.79 Å². The number of nitrogens with one attached hydrogen (secondary N) is 1. The van der Waals surface area contributed by atoms with Crippen molar-refractivity contribution in [1.29, 1.82) is 0 Å². The van der Waals surface area contributed by atoms with Crippen molar-refractivity contribution in [3.63, 3.8) is 0 Å². The van der Waals surface area contributed by atoms with Crippen molar-refractivity contribution in [3.05, 3.63) is 23.8 Å². The van der Waals surface area contributed by atoms with E-state index in [1.807, 2.05) is 32.9 Å². The van der Waals surface area contributed by atoms with Gasteiger partial charge in [-0.3, -0.25) is 9.69 Å². The molecule has 0 saturated heterocycles. The normalized spacial score (nSPS) is 9.47. The maximum atomic E-state index is 11.8. The summed E-state index contributed by atoms with van der Waals surface area (Å²) in [6.07, 6.45) is 0. The number of benzene rings is 1. The molecule has 0 aliphatic heterocycles. The Labute approximate surface area is 127 Å². The molecule has 0 fully saturated rings. The lowest BCUT2D eigenvalue weighted by Gasteiger charge is -2.17. The third-order valence-electron chi connectivity index (χ3n) is 2.80. The van der Waals surface area contributed by atoms with Crippen LogP contribution < -0.4 is 11.1 Å². The molecule has 110 valence electrons. The Bertz CT molecular complexity index is 395. The van der Waals surface area contributed by atoms with E-state index in [4.69, 9.17) is 5.73 Å². The van der Waals surface area contributed by atoms with Crippen molar-refractivity contribution in [3.8, 4) is 0 Å². The Balaban J connectivity index is 0. The summed E-state index contributed by atoms with van der Waals surface area (Å²) in [6, 6.07) is 5.52. The summed E-state index contributed by atoms with van der Waals surface area (Å²) in [6.45, 7) is 8.21. The fraction of sp³-hybridized carbons (Fsp3) is 0.462. The summed E-state index contributed by atoms with van der Waals surface area (Å²) in [5.41, 5.74) is 8.17. The van der Waals surface area contributed by atoms with Crippen molar-refractivity contribution in [1.82, 2.24) is 4.90 Å². The number of anilines is 2. The van der Waals surface area contributed by atoms with Crippen LogP contribution in [-0.4, -0.2) is 30.4 Å². The van der Waals surface area contributed by atoms with Gasteiger partial charge in [0, 0.05) is 11.4 Å². The summed E-state index contributed by atoms with van der Waals surface area (Å²) >= 11 is 0. The number of nitrogens with zero attached hydrogens (tertiary/aromatic N) is 1. The van der Waals surface area contributed by atoms with Crippen molar-refractivity contribution in [2.24, 2.45) is 0 Å². The molecule has 1 aromatic rings.